The molecule has 0 aliphatic carbocycles. The van der Waals surface area contributed by atoms with Crippen LogP contribution in [0, 0.1) is 0 Å². The number of hydrogen-bond donors (Lipinski definition) is 0. The van der Waals surface area contributed by atoms with E-state index in [-0.39, 0.29) is 0 Å². The van der Waals surface area contributed by atoms with E-state index in [0.717, 1.165) is 6.42 Å². The Morgan fingerprint density at radius 2 is 1.40 bits per heavy atom. The average molecular weight is 338 g/mol. The average Bonchev–Trinajstić information content (AvgIpc) is 2.59. The lowest BCUT2D eigenvalue weighted by Gasteiger charge is -2.39. The summed E-state index contributed by atoms with van der Waals surface area (Å²) in [6, 6.07) is 14.1. The maximum absolute atomic E-state index is 2.56. The molecule has 0 N–H and O–H groups in total. The highest BCUT2D eigenvalue weighted by Crippen LogP contribution is 2.46. The number of fused-ring (bicyclic) bond motifs is 2. The first-order chi connectivity index (χ1) is 11.9. The molecule has 1 aliphatic heterocycles. The molecule has 0 spiro atoms. The van der Waals surface area contributed by atoms with Crippen molar-refractivity contribution in [3.63, 3.8) is 0 Å². The second kappa shape index (κ2) is 8.08. The summed E-state index contributed by atoms with van der Waals surface area (Å²) >= 11 is 0. The van der Waals surface area contributed by atoms with Crippen LogP contribution in [-0.2, 0) is 6.42 Å². The van der Waals surface area contributed by atoms with Gasteiger partial charge in [-0.05, 0) is 54.0 Å². The van der Waals surface area contributed by atoms with Crippen molar-refractivity contribution in [2.24, 2.45) is 0 Å². The van der Waals surface area contributed by atoms with E-state index in [1.54, 1.807) is 5.56 Å². The molecule has 0 saturated heterocycles. The standard InChI is InChI=1S/C22H29N.C2H6/c1-14(2)19-12-11-18-13-17-9-7-8-10-20(17)23(16(5)6)22(18)21(19)15(3)4;1-2/h7-12,14-16H,13H2,1-6H3;1-2H3. The SMILES string of the molecule is CC.CC(C)c1ccc2c(c1C(C)C)N(C(C)C)c1ccccc1C2. The first-order valence-corrected chi connectivity index (χ1v) is 9.94. The van der Waals surface area contributed by atoms with Gasteiger partial charge in [-0.1, -0.05) is 71.9 Å². The van der Waals surface area contributed by atoms with Gasteiger partial charge in [0.2, 0.25) is 0 Å². The zero-order chi connectivity index (χ0) is 18.7. The molecule has 0 unspecified atom stereocenters. The molecule has 1 heterocycles. The summed E-state index contributed by atoms with van der Waals surface area (Å²) in [6.07, 6.45) is 1.05. The number of rotatable bonds is 3. The van der Waals surface area contributed by atoms with E-state index in [1.807, 2.05) is 13.8 Å². The Labute approximate surface area is 155 Å². The maximum Gasteiger partial charge on any atom is 0.0487 e. The summed E-state index contributed by atoms with van der Waals surface area (Å²) in [5, 5.41) is 0. The smallest absolute Gasteiger partial charge is 0.0487 e. The van der Waals surface area contributed by atoms with Crippen LogP contribution in [0.2, 0.25) is 0 Å². The second-order valence-corrected chi connectivity index (χ2v) is 7.65. The van der Waals surface area contributed by atoms with Crippen molar-refractivity contribution >= 4 is 11.4 Å². The van der Waals surface area contributed by atoms with Crippen molar-refractivity contribution in [2.45, 2.75) is 79.7 Å². The van der Waals surface area contributed by atoms with Gasteiger partial charge >= 0.3 is 0 Å². The second-order valence-electron chi connectivity index (χ2n) is 7.65. The molecule has 3 rings (SSSR count). The number of hydrogen-bond acceptors (Lipinski definition) is 1. The summed E-state index contributed by atoms with van der Waals surface area (Å²) in [5.41, 5.74) is 8.83. The largest absolute Gasteiger partial charge is 0.338 e. The van der Waals surface area contributed by atoms with Crippen LogP contribution in [0.25, 0.3) is 0 Å². The topological polar surface area (TPSA) is 3.24 Å². The van der Waals surface area contributed by atoms with Crippen LogP contribution in [0.4, 0.5) is 11.4 Å². The van der Waals surface area contributed by atoms with Crippen LogP contribution in [0.15, 0.2) is 36.4 Å². The monoisotopic (exact) mass is 337 g/mol. The van der Waals surface area contributed by atoms with E-state index in [0.29, 0.717) is 17.9 Å². The van der Waals surface area contributed by atoms with Gasteiger partial charge in [-0.25, -0.2) is 0 Å². The molecular formula is C24H35N. The molecule has 1 heteroatoms. The lowest BCUT2D eigenvalue weighted by molar-refractivity contribution is 0.737. The van der Waals surface area contributed by atoms with E-state index in [1.165, 1.54) is 28.1 Å². The zero-order valence-corrected chi connectivity index (χ0v) is 17.4. The van der Waals surface area contributed by atoms with Gasteiger partial charge < -0.3 is 4.90 Å². The van der Waals surface area contributed by atoms with Crippen LogP contribution in [0.5, 0.6) is 0 Å². The van der Waals surface area contributed by atoms with E-state index in [4.69, 9.17) is 0 Å². The predicted molar refractivity (Wildman–Crippen MR) is 112 cm³/mol. The van der Waals surface area contributed by atoms with Crippen molar-refractivity contribution in [1.29, 1.82) is 0 Å². The van der Waals surface area contributed by atoms with Crippen molar-refractivity contribution in [3.05, 3.63) is 58.7 Å². The minimum absolute atomic E-state index is 0.454. The molecule has 25 heavy (non-hydrogen) atoms. The minimum Gasteiger partial charge on any atom is -0.338 e. The Morgan fingerprint density at radius 1 is 0.760 bits per heavy atom. The van der Waals surface area contributed by atoms with Gasteiger partial charge in [-0.2, -0.15) is 0 Å². The molecule has 2 aromatic rings. The van der Waals surface area contributed by atoms with Crippen molar-refractivity contribution in [1.82, 2.24) is 0 Å². The summed E-state index contributed by atoms with van der Waals surface area (Å²) in [7, 11) is 0. The third-order valence-electron chi connectivity index (χ3n) is 4.92. The fourth-order valence-corrected chi connectivity index (χ4v) is 3.96. The van der Waals surface area contributed by atoms with Gasteiger partial charge in [-0.3, -0.25) is 0 Å². The van der Waals surface area contributed by atoms with E-state index in [9.17, 15) is 0 Å². The molecule has 1 aliphatic rings. The molecule has 1 nitrogen and oxygen atoms in total. The number of benzene rings is 2. The third kappa shape index (κ3) is 3.61. The van der Waals surface area contributed by atoms with Gasteiger partial charge in [0.15, 0.2) is 0 Å². The lowest BCUT2D eigenvalue weighted by atomic mass is 9.83. The third-order valence-corrected chi connectivity index (χ3v) is 4.92. The normalized spacial score (nSPS) is 12.8. The highest BCUT2D eigenvalue weighted by molar-refractivity contribution is 5.78. The highest BCUT2D eigenvalue weighted by Gasteiger charge is 2.29. The Balaban J connectivity index is 0.00000109. The number of anilines is 2. The molecule has 2 aromatic carbocycles. The molecule has 0 atom stereocenters. The number of para-hydroxylation sites is 1. The van der Waals surface area contributed by atoms with Crippen molar-refractivity contribution < 1.29 is 0 Å². The van der Waals surface area contributed by atoms with Gasteiger partial charge in [-0.15, -0.1) is 0 Å². The van der Waals surface area contributed by atoms with Crippen LogP contribution < -0.4 is 4.90 Å². The fraction of sp³-hybridized carbons (Fsp3) is 0.500. The van der Waals surface area contributed by atoms with Gasteiger partial charge in [0.25, 0.3) is 0 Å². The summed E-state index contributed by atoms with van der Waals surface area (Å²) in [4.78, 5) is 2.56. The van der Waals surface area contributed by atoms with Gasteiger partial charge in [0.1, 0.15) is 0 Å². The van der Waals surface area contributed by atoms with E-state index in [2.05, 4.69) is 82.8 Å². The summed E-state index contributed by atoms with van der Waals surface area (Å²) in [6.45, 7) is 17.9. The van der Waals surface area contributed by atoms with Crippen LogP contribution >= 0.6 is 0 Å². The Kier molecular flexibility index (Phi) is 6.32. The van der Waals surface area contributed by atoms with Crippen molar-refractivity contribution in [2.75, 3.05) is 4.90 Å². The van der Waals surface area contributed by atoms with Crippen molar-refractivity contribution in [3.8, 4) is 0 Å². The number of nitrogens with zero attached hydrogens (tertiary/aromatic N) is 1. The molecule has 0 fully saturated rings. The van der Waals surface area contributed by atoms with Gasteiger partial charge in [0.05, 0.1) is 0 Å². The Morgan fingerprint density at radius 3 is 1.96 bits per heavy atom. The summed E-state index contributed by atoms with van der Waals surface area (Å²) in [5.74, 6) is 1.10. The molecule has 0 bridgehead atoms. The highest BCUT2D eigenvalue weighted by atomic mass is 15.2. The quantitative estimate of drug-likeness (QED) is 0.563. The minimum atomic E-state index is 0.454. The van der Waals surface area contributed by atoms with Crippen LogP contribution in [-0.4, -0.2) is 6.04 Å². The zero-order valence-electron chi connectivity index (χ0n) is 17.4. The maximum atomic E-state index is 2.56. The summed E-state index contributed by atoms with van der Waals surface area (Å²) < 4.78 is 0. The van der Waals surface area contributed by atoms with Crippen LogP contribution in [0.3, 0.4) is 0 Å². The Bertz CT molecular complexity index is 710. The molecule has 0 amide bonds. The molecule has 136 valence electrons. The molecular weight excluding hydrogens is 302 g/mol. The molecule has 0 saturated carbocycles. The van der Waals surface area contributed by atoms with E-state index >= 15 is 0 Å². The first kappa shape index (κ1) is 19.6. The lowest BCUT2D eigenvalue weighted by Crippen LogP contribution is -2.31. The van der Waals surface area contributed by atoms with Crippen LogP contribution in [0.1, 0.15) is 89.5 Å². The fourth-order valence-electron chi connectivity index (χ4n) is 3.96. The predicted octanol–water partition coefficient (Wildman–Crippen LogP) is 7.41. The molecule has 0 radical (unpaired) electrons. The first-order valence-electron chi connectivity index (χ1n) is 9.94. The molecule has 0 aromatic heterocycles. The van der Waals surface area contributed by atoms with E-state index < -0.39 is 0 Å². The van der Waals surface area contributed by atoms with Gasteiger partial charge in [0, 0.05) is 23.8 Å². The Hall–Kier alpha value is -1.76.